The molecule has 2 aromatic carbocycles. The number of nitriles is 1. The third-order valence-corrected chi connectivity index (χ3v) is 7.57. The highest BCUT2D eigenvalue weighted by molar-refractivity contribution is 6.00. The molecular weight excluding hydrogens is 583 g/mol. The van der Waals surface area contributed by atoms with E-state index in [9.17, 15) is 19.6 Å². The van der Waals surface area contributed by atoms with Gasteiger partial charge in [-0.3, -0.25) is 9.78 Å². The van der Waals surface area contributed by atoms with Crippen LogP contribution in [-0.2, 0) is 0 Å². The van der Waals surface area contributed by atoms with Crippen molar-refractivity contribution in [3.63, 3.8) is 0 Å². The number of aliphatic hydroxyl groups is 1. The first kappa shape index (κ1) is 30.2. The van der Waals surface area contributed by atoms with Crippen molar-refractivity contribution >= 4 is 22.9 Å². The molecule has 1 amide bonds. The zero-order chi connectivity index (χ0) is 32.4. The van der Waals surface area contributed by atoms with E-state index >= 15 is 0 Å². The van der Waals surface area contributed by atoms with Gasteiger partial charge in [0, 0.05) is 17.8 Å². The number of carbonyl (C=O) groups is 1. The molecule has 4 aromatic heterocycles. The van der Waals surface area contributed by atoms with Gasteiger partial charge in [0.15, 0.2) is 0 Å². The molecule has 0 saturated heterocycles. The molecule has 11 heteroatoms. The average molecular weight is 615 g/mol. The van der Waals surface area contributed by atoms with E-state index < -0.39 is 24.2 Å². The lowest BCUT2D eigenvalue weighted by molar-refractivity contribution is -0.00177. The van der Waals surface area contributed by atoms with Crippen LogP contribution >= 0.6 is 0 Å². The predicted molar refractivity (Wildman–Crippen MR) is 174 cm³/mol. The largest absolute Gasteiger partial charge is 0.387 e. The van der Waals surface area contributed by atoms with Crippen LogP contribution in [0.25, 0.3) is 33.8 Å². The molecule has 10 nitrogen and oxygen atoms in total. The van der Waals surface area contributed by atoms with E-state index in [4.69, 9.17) is 5.10 Å². The highest BCUT2D eigenvalue weighted by atomic mass is 19.1. The highest BCUT2D eigenvalue weighted by Gasteiger charge is 2.27. The van der Waals surface area contributed by atoms with E-state index in [0.29, 0.717) is 39.7 Å². The summed E-state index contributed by atoms with van der Waals surface area (Å²) >= 11 is 0. The quantitative estimate of drug-likeness (QED) is 0.182. The maximum atomic E-state index is 14.6. The van der Waals surface area contributed by atoms with Crippen LogP contribution in [0.3, 0.4) is 0 Å². The van der Waals surface area contributed by atoms with Gasteiger partial charge in [0.25, 0.3) is 5.91 Å². The molecule has 4 heterocycles. The molecule has 46 heavy (non-hydrogen) atoms. The lowest BCUT2D eigenvalue weighted by atomic mass is 10.0. The number of benzene rings is 2. The SMILES string of the molecule is Cc1ccc(-c2cc(Nc3cc(-c4ccc5cc(C#N)cnn45)ncc3C(=O)NCC(F)C(C)(C)O)n(-c3ccccc3)n2)cc1. The van der Waals surface area contributed by atoms with E-state index in [1.165, 1.54) is 26.2 Å². The summed E-state index contributed by atoms with van der Waals surface area (Å²) in [6, 6.07) is 28.7. The fraction of sp³-hybridized carbons (Fsp3) is 0.171. The zero-order valence-electron chi connectivity index (χ0n) is 25.4. The Kier molecular flexibility index (Phi) is 8.04. The molecule has 0 aliphatic carbocycles. The Balaban J connectivity index is 1.45. The number of pyridine rings is 1. The fourth-order valence-corrected chi connectivity index (χ4v) is 4.90. The molecule has 0 bridgehead atoms. The third-order valence-electron chi connectivity index (χ3n) is 7.57. The normalized spacial score (nSPS) is 12.1. The van der Waals surface area contributed by atoms with Gasteiger partial charge in [-0.15, -0.1) is 0 Å². The number of rotatable bonds is 9. The molecule has 1 unspecified atom stereocenters. The molecule has 6 aromatic rings. The molecule has 0 aliphatic rings. The number of hydrogen-bond donors (Lipinski definition) is 3. The molecule has 0 fully saturated rings. The van der Waals surface area contributed by atoms with Gasteiger partial charge in [-0.2, -0.15) is 15.5 Å². The van der Waals surface area contributed by atoms with E-state index in [0.717, 1.165) is 16.8 Å². The summed E-state index contributed by atoms with van der Waals surface area (Å²) < 4.78 is 18.0. The number of aromatic nitrogens is 5. The number of nitrogens with one attached hydrogen (secondary N) is 2. The van der Waals surface area contributed by atoms with Crippen LogP contribution in [0, 0.1) is 18.3 Å². The zero-order valence-corrected chi connectivity index (χ0v) is 25.4. The van der Waals surface area contributed by atoms with Crippen LogP contribution in [0.15, 0.2) is 97.3 Å². The van der Waals surface area contributed by atoms with Crippen molar-refractivity contribution in [3.8, 4) is 34.4 Å². The standard InChI is InChI=1S/C35H31FN8O2/c1-22-9-11-24(12-10-22)28-17-33(44(42-28)25-7-5-4-6-8-25)41-29-16-30(31-14-13-26-15-23(18-37)19-40-43(26)31)38-20-27(29)34(45)39-21-32(36)35(2,3)46/h4-17,19-20,32,46H,21H2,1-3H3,(H,38,41)(H,39,45). The van der Waals surface area contributed by atoms with Crippen LogP contribution in [-0.4, -0.2) is 53.7 Å². The molecule has 230 valence electrons. The van der Waals surface area contributed by atoms with Crippen molar-refractivity contribution in [2.24, 2.45) is 0 Å². The van der Waals surface area contributed by atoms with E-state index in [1.807, 2.05) is 79.7 Å². The lowest BCUT2D eigenvalue weighted by Crippen LogP contribution is -2.42. The van der Waals surface area contributed by atoms with Crippen LogP contribution < -0.4 is 10.6 Å². The second kappa shape index (κ2) is 12.3. The average Bonchev–Trinajstić information content (AvgIpc) is 3.68. The smallest absolute Gasteiger partial charge is 0.255 e. The lowest BCUT2D eigenvalue weighted by Gasteiger charge is -2.22. The van der Waals surface area contributed by atoms with Crippen molar-refractivity contribution in [1.29, 1.82) is 5.26 Å². The molecule has 0 radical (unpaired) electrons. The monoisotopic (exact) mass is 614 g/mol. The van der Waals surface area contributed by atoms with Crippen LogP contribution in [0.5, 0.6) is 0 Å². The fourth-order valence-electron chi connectivity index (χ4n) is 4.90. The van der Waals surface area contributed by atoms with Crippen molar-refractivity contribution in [2.75, 3.05) is 11.9 Å². The van der Waals surface area contributed by atoms with Gasteiger partial charge in [-0.05, 0) is 57.2 Å². The van der Waals surface area contributed by atoms with Gasteiger partial charge in [-0.1, -0.05) is 48.0 Å². The van der Waals surface area contributed by atoms with Crippen molar-refractivity contribution in [1.82, 2.24) is 29.7 Å². The minimum absolute atomic E-state index is 0.157. The molecular formula is C35H31FN8O2. The first-order valence-corrected chi connectivity index (χ1v) is 14.6. The summed E-state index contributed by atoms with van der Waals surface area (Å²) in [5.74, 6) is -0.000530. The summed E-state index contributed by atoms with van der Waals surface area (Å²) in [4.78, 5) is 18.0. The molecule has 3 N–H and O–H groups in total. The first-order valence-electron chi connectivity index (χ1n) is 14.6. The number of nitrogens with zero attached hydrogens (tertiary/aromatic N) is 6. The maximum absolute atomic E-state index is 14.6. The molecule has 6 rings (SSSR count). The summed E-state index contributed by atoms with van der Waals surface area (Å²) in [5.41, 5.74) is 4.74. The number of anilines is 2. The van der Waals surface area contributed by atoms with Crippen molar-refractivity contribution < 1.29 is 14.3 Å². The van der Waals surface area contributed by atoms with Crippen LogP contribution in [0.1, 0.15) is 35.3 Å². The number of halogens is 1. The maximum Gasteiger partial charge on any atom is 0.255 e. The number of carbonyl (C=O) groups excluding carboxylic acids is 1. The minimum Gasteiger partial charge on any atom is -0.387 e. The number of hydrogen-bond acceptors (Lipinski definition) is 7. The van der Waals surface area contributed by atoms with E-state index in [1.54, 1.807) is 21.3 Å². The Morgan fingerprint density at radius 2 is 1.78 bits per heavy atom. The van der Waals surface area contributed by atoms with Crippen molar-refractivity contribution in [3.05, 3.63) is 114 Å². The number of amides is 1. The first-order chi connectivity index (χ1) is 22.1. The Hall–Kier alpha value is -5.86. The molecule has 0 aliphatic heterocycles. The number of aryl methyl sites for hydroxylation is 1. The summed E-state index contributed by atoms with van der Waals surface area (Å²) in [7, 11) is 0. The van der Waals surface area contributed by atoms with Crippen molar-refractivity contribution in [2.45, 2.75) is 32.5 Å². The van der Waals surface area contributed by atoms with Gasteiger partial charge < -0.3 is 15.7 Å². The second-order valence-corrected chi connectivity index (χ2v) is 11.5. The highest BCUT2D eigenvalue weighted by Crippen LogP contribution is 2.31. The Morgan fingerprint density at radius 3 is 2.50 bits per heavy atom. The Morgan fingerprint density at radius 1 is 1.02 bits per heavy atom. The Bertz CT molecular complexity index is 2070. The second-order valence-electron chi connectivity index (χ2n) is 11.5. The van der Waals surface area contributed by atoms with Gasteiger partial charge in [0.1, 0.15) is 18.1 Å². The summed E-state index contributed by atoms with van der Waals surface area (Å²) in [5, 5.41) is 34.6. The number of para-hydroxylation sites is 1. The van der Waals surface area contributed by atoms with Gasteiger partial charge in [0.2, 0.25) is 0 Å². The molecule has 0 spiro atoms. The van der Waals surface area contributed by atoms with Gasteiger partial charge in [0.05, 0.1) is 63.4 Å². The Labute approximate surface area is 264 Å². The van der Waals surface area contributed by atoms with Gasteiger partial charge in [-0.25, -0.2) is 13.6 Å². The van der Waals surface area contributed by atoms with Gasteiger partial charge >= 0.3 is 0 Å². The van der Waals surface area contributed by atoms with Crippen LogP contribution in [0.4, 0.5) is 15.9 Å². The number of fused-ring (bicyclic) bond motifs is 1. The van der Waals surface area contributed by atoms with E-state index in [-0.39, 0.29) is 5.56 Å². The van der Waals surface area contributed by atoms with E-state index in [2.05, 4.69) is 26.8 Å². The number of alkyl halides is 1. The molecule has 1 atom stereocenters. The summed E-state index contributed by atoms with van der Waals surface area (Å²) in [6.07, 6.45) is 1.20. The third kappa shape index (κ3) is 6.20. The summed E-state index contributed by atoms with van der Waals surface area (Å²) in [6.45, 7) is 4.32. The minimum atomic E-state index is -1.69. The predicted octanol–water partition coefficient (Wildman–Crippen LogP) is 6.01. The van der Waals surface area contributed by atoms with Crippen LogP contribution in [0.2, 0.25) is 0 Å². The molecule has 0 saturated carbocycles. The topological polar surface area (TPSA) is 133 Å².